The minimum absolute atomic E-state index is 0.0189. The van der Waals surface area contributed by atoms with E-state index in [1.54, 1.807) is 0 Å². The molecule has 0 spiro atoms. The summed E-state index contributed by atoms with van der Waals surface area (Å²) in [6.07, 6.45) is 18.4. The van der Waals surface area contributed by atoms with Gasteiger partial charge in [-0.2, -0.15) is 0 Å². The van der Waals surface area contributed by atoms with Crippen molar-refractivity contribution in [1.82, 2.24) is 0 Å². The third-order valence-electron chi connectivity index (χ3n) is 5.16. The van der Waals surface area contributed by atoms with Gasteiger partial charge in [0, 0.05) is 0 Å². The number of ether oxygens (including phenoxy) is 2. The Morgan fingerprint density at radius 1 is 0.643 bits per heavy atom. The van der Waals surface area contributed by atoms with E-state index >= 15 is 0 Å². The van der Waals surface area contributed by atoms with Crippen molar-refractivity contribution in [3.05, 3.63) is 0 Å². The molecule has 0 N–H and O–H groups in total. The Balaban J connectivity index is 3.40. The van der Waals surface area contributed by atoms with Gasteiger partial charge in [0.25, 0.3) is 0 Å². The highest BCUT2D eigenvalue weighted by molar-refractivity contribution is 5.77. The number of unbranched alkanes of at least 4 members (excludes halogenated alkanes) is 11. The van der Waals surface area contributed by atoms with Crippen LogP contribution >= 0.6 is 0 Å². The summed E-state index contributed by atoms with van der Waals surface area (Å²) in [5.74, 6) is -0.578. The van der Waals surface area contributed by atoms with Crippen molar-refractivity contribution in [2.75, 3.05) is 6.61 Å². The summed E-state index contributed by atoms with van der Waals surface area (Å²) in [5, 5.41) is 0. The summed E-state index contributed by atoms with van der Waals surface area (Å²) < 4.78 is 10.6. The van der Waals surface area contributed by atoms with Crippen molar-refractivity contribution in [1.29, 1.82) is 0 Å². The molecule has 0 aromatic heterocycles. The quantitative estimate of drug-likeness (QED) is 0.162. The molecule has 0 bridgehead atoms. The summed E-state index contributed by atoms with van der Waals surface area (Å²) >= 11 is 0. The maximum Gasteiger partial charge on any atom is 0.306 e. The Kier molecular flexibility index (Phi) is 19.9. The van der Waals surface area contributed by atoms with Gasteiger partial charge in [0.05, 0.1) is 19.4 Å². The second kappa shape index (κ2) is 20.7. The molecule has 0 aliphatic rings. The third-order valence-corrected chi connectivity index (χ3v) is 5.16. The zero-order valence-corrected chi connectivity index (χ0v) is 18.9. The van der Waals surface area contributed by atoms with Gasteiger partial charge in [0.1, 0.15) is 6.10 Å². The Morgan fingerprint density at radius 2 is 1.14 bits per heavy atom. The Morgan fingerprint density at radius 3 is 1.64 bits per heavy atom. The van der Waals surface area contributed by atoms with Gasteiger partial charge in [-0.15, -0.1) is 0 Å². The average molecular weight is 399 g/mol. The maximum absolute atomic E-state index is 11.8. The van der Waals surface area contributed by atoms with E-state index in [0.717, 1.165) is 32.1 Å². The highest BCUT2D eigenvalue weighted by Crippen LogP contribution is 2.12. The SMILES string of the molecule is CCCCCCCCCCCCCCOC(=O)CCC(=O)OC(CC)CCC. The Labute approximate surface area is 174 Å². The van der Waals surface area contributed by atoms with Gasteiger partial charge in [-0.25, -0.2) is 0 Å². The van der Waals surface area contributed by atoms with Crippen LogP contribution in [0.1, 0.15) is 130 Å². The fraction of sp³-hybridized carbons (Fsp3) is 0.917. The summed E-state index contributed by atoms with van der Waals surface area (Å²) in [5.41, 5.74) is 0. The summed E-state index contributed by atoms with van der Waals surface area (Å²) in [4.78, 5) is 23.5. The van der Waals surface area contributed by atoms with Crippen LogP contribution in [0.2, 0.25) is 0 Å². The van der Waals surface area contributed by atoms with Crippen molar-refractivity contribution < 1.29 is 19.1 Å². The number of rotatable bonds is 20. The van der Waals surface area contributed by atoms with Crippen molar-refractivity contribution in [2.45, 2.75) is 136 Å². The minimum atomic E-state index is -0.289. The van der Waals surface area contributed by atoms with Crippen LogP contribution in [0.15, 0.2) is 0 Å². The molecule has 0 aromatic carbocycles. The highest BCUT2D eigenvalue weighted by Gasteiger charge is 2.13. The predicted molar refractivity (Wildman–Crippen MR) is 116 cm³/mol. The minimum Gasteiger partial charge on any atom is -0.466 e. The molecule has 1 unspecified atom stereocenters. The molecule has 0 radical (unpaired) electrons. The molecule has 0 saturated carbocycles. The lowest BCUT2D eigenvalue weighted by Gasteiger charge is -2.15. The van der Waals surface area contributed by atoms with Crippen LogP contribution in [0.3, 0.4) is 0 Å². The molecule has 4 nitrogen and oxygen atoms in total. The topological polar surface area (TPSA) is 52.6 Å². The molecule has 0 rings (SSSR count). The molecule has 0 aliphatic heterocycles. The number of carbonyl (C=O) groups excluding carboxylic acids is 2. The average Bonchev–Trinajstić information content (AvgIpc) is 2.69. The van der Waals surface area contributed by atoms with E-state index in [4.69, 9.17) is 9.47 Å². The number of esters is 2. The van der Waals surface area contributed by atoms with E-state index < -0.39 is 0 Å². The molecule has 0 fully saturated rings. The normalized spacial score (nSPS) is 12.0. The molecule has 0 saturated heterocycles. The first-order valence-corrected chi connectivity index (χ1v) is 12.0. The molecular weight excluding hydrogens is 352 g/mol. The second-order valence-corrected chi connectivity index (χ2v) is 7.92. The lowest BCUT2D eigenvalue weighted by molar-refractivity contribution is -0.154. The fourth-order valence-corrected chi connectivity index (χ4v) is 3.32. The predicted octanol–water partition coefficient (Wildman–Crippen LogP) is 7.13. The zero-order chi connectivity index (χ0) is 20.9. The van der Waals surface area contributed by atoms with Crippen LogP contribution in [0.25, 0.3) is 0 Å². The molecule has 0 aliphatic carbocycles. The molecule has 1 atom stereocenters. The largest absolute Gasteiger partial charge is 0.466 e. The van der Waals surface area contributed by atoms with Crippen LogP contribution in [0.5, 0.6) is 0 Å². The second-order valence-electron chi connectivity index (χ2n) is 7.92. The number of hydrogen-bond acceptors (Lipinski definition) is 4. The Hall–Kier alpha value is -1.06. The number of carbonyl (C=O) groups is 2. The lowest BCUT2D eigenvalue weighted by atomic mass is 10.1. The van der Waals surface area contributed by atoms with Gasteiger partial charge < -0.3 is 9.47 Å². The smallest absolute Gasteiger partial charge is 0.306 e. The standard InChI is InChI=1S/C24H46O4/c1-4-7-8-9-10-11-12-13-14-15-16-17-21-27-23(25)19-20-24(26)28-22(6-3)18-5-2/h22H,4-21H2,1-3H3. The fourth-order valence-electron chi connectivity index (χ4n) is 3.32. The maximum atomic E-state index is 11.8. The van der Waals surface area contributed by atoms with Crippen molar-refractivity contribution in [2.24, 2.45) is 0 Å². The van der Waals surface area contributed by atoms with Crippen molar-refractivity contribution in [3.63, 3.8) is 0 Å². The van der Waals surface area contributed by atoms with E-state index in [1.807, 2.05) is 6.92 Å². The lowest BCUT2D eigenvalue weighted by Crippen LogP contribution is -2.18. The Bertz CT molecular complexity index is 368. The first-order chi connectivity index (χ1) is 13.6. The summed E-state index contributed by atoms with van der Waals surface area (Å²) in [6, 6.07) is 0. The van der Waals surface area contributed by atoms with Gasteiger partial charge in [-0.3, -0.25) is 9.59 Å². The van der Waals surface area contributed by atoms with E-state index in [9.17, 15) is 9.59 Å². The third kappa shape index (κ3) is 18.3. The van der Waals surface area contributed by atoms with E-state index in [0.29, 0.717) is 6.61 Å². The number of hydrogen-bond donors (Lipinski definition) is 0. The summed E-state index contributed by atoms with van der Waals surface area (Å²) in [7, 11) is 0. The van der Waals surface area contributed by atoms with Crippen LogP contribution in [-0.2, 0) is 19.1 Å². The van der Waals surface area contributed by atoms with Gasteiger partial charge in [-0.1, -0.05) is 97.8 Å². The van der Waals surface area contributed by atoms with Crippen molar-refractivity contribution in [3.8, 4) is 0 Å². The highest BCUT2D eigenvalue weighted by atomic mass is 16.5. The van der Waals surface area contributed by atoms with Gasteiger partial charge >= 0.3 is 11.9 Å². The molecule has 0 amide bonds. The molecule has 28 heavy (non-hydrogen) atoms. The van der Waals surface area contributed by atoms with Gasteiger partial charge in [0.15, 0.2) is 0 Å². The van der Waals surface area contributed by atoms with Crippen molar-refractivity contribution >= 4 is 11.9 Å². The summed E-state index contributed by atoms with van der Waals surface area (Å²) in [6.45, 7) is 6.81. The van der Waals surface area contributed by atoms with Crippen LogP contribution in [0.4, 0.5) is 0 Å². The first kappa shape index (κ1) is 26.9. The van der Waals surface area contributed by atoms with Crippen LogP contribution in [-0.4, -0.2) is 24.6 Å². The van der Waals surface area contributed by atoms with Crippen LogP contribution in [0, 0.1) is 0 Å². The first-order valence-electron chi connectivity index (χ1n) is 12.0. The molecule has 166 valence electrons. The molecule has 0 aromatic rings. The molecule has 4 heteroatoms. The van der Waals surface area contributed by atoms with E-state index in [2.05, 4.69) is 13.8 Å². The van der Waals surface area contributed by atoms with E-state index in [1.165, 1.54) is 64.2 Å². The molecular formula is C24H46O4. The molecule has 0 heterocycles. The zero-order valence-electron chi connectivity index (χ0n) is 18.9. The van der Waals surface area contributed by atoms with E-state index in [-0.39, 0.29) is 30.9 Å². The van der Waals surface area contributed by atoms with Gasteiger partial charge in [0.2, 0.25) is 0 Å². The van der Waals surface area contributed by atoms with Gasteiger partial charge in [-0.05, 0) is 19.3 Å². The monoisotopic (exact) mass is 398 g/mol. The van der Waals surface area contributed by atoms with Crippen LogP contribution < -0.4 is 0 Å².